The van der Waals surface area contributed by atoms with Crippen molar-refractivity contribution in [3.8, 4) is 0 Å². The van der Waals surface area contributed by atoms with Crippen LogP contribution in [-0.4, -0.2) is 72.2 Å². The van der Waals surface area contributed by atoms with Crippen LogP contribution in [0.1, 0.15) is 66.1 Å². The number of rotatable bonds is 7. The van der Waals surface area contributed by atoms with E-state index in [-0.39, 0.29) is 5.91 Å². The molecule has 0 radical (unpaired) electrons. The number of piperidine rings is 1. The van der Waals surface area contributed by atoms with Crippen molar-refractivity contribution in [2.45, 2.75) is 59.5 Å². The number of esters is 1. The number of methoxy groups -OCH3 is 1. The lowest BCUT2D eigenvalue weighted by molar-refractivity contribution is 0.0601. The van der Waals surface area contributed by atoms with Gasteiger partial charge < -0.3 is 25.2 Å². The summed E-state index contributed by atoms with van der Waals surface area (Å²) in [5, 5.41) is 7.53. The van der Waals surface area contributed by atoms with Crippen LogP contribution in [0.3, 0.4) is 0 Å². The molecule has 2 heterocycles. The summed E-state index contributed by atoms with van der Waals surface area (Å²) in [5.41, 5.74) is 0.996. The Morgan fingerprint density at radius 2 is 1.87 bits per heavy atom. The molecule has 0 spiro atoms. The Balaban J connectivity index is 2.16. The maximum Gasteiger partial charge on any atom is 0.341 e. The highest BCUT2D eigenvalue weighted by Gasteiger charge is 2.28. The zero-order valence-electron chi connectivity index (χ0n) is 18.8. The standard InChI is InChI=1S/C21H34N4O3S2/c1-7-24(8-2)19(26)17-14(5)16(20(27)28-6)18(30-17)23-21(29)22-15-9-11-25(12-10-15)13(3)4/h13,15H,7-12H2,1-6H3,(H2,22,23,29). The highest BCUT2D eigenvalue weighted by molar-refractivity contribution is 7.80. The SMILES string of the molecule is CCN(CC)C(=O)c1sc(NC(=S)NC2CCN(C(C)C)CC2)c(C(=O)OC)c1C. The van der Waals surface area contributed by atoms with Crippen molar-refractivity contribution in [2.75, 3.05) is 38.6 Å². The average molecular weight is 455 g/mol. The number of hydrogen-bond acceptors (Lipinski definition) is 6. The molecule has 0 atom stereocenters. The molecule has 30 heavy (non-hydrogen) atoms. The molecule has 1 aliphatic rings. The van der Waals surface area contributed by atoms with Gasteiger partial charge in [-0.3, -0.25) is 4.79 Å². The molecule has 9 heteroatoms. The lowest BCUT2D eigenvalue weighted by Crippen LogP contribution is -2.47. The fourth-order valence-corrected chi connectivity index (χ4v) is 5.19. The van der Waals surface area contributed by atoms with Crippen LogP contribution < -0.4 is 10.6 Å². The average Bonchev–Trinajstić information content (AvgIpc) is 3.04. The molecule has 2 N–H and O–H groups in total. The van der Waals surface area contributed by atoms with Crippen molar-refractivity contribution in [3.05, 3.63) is 16.0 Å². The molecular weight excluding hydrogens is 420 g/mol. The van der Waals surface area contributed by atoms with Gasteiger partial charge in [0, 0.05) is 38.3 Å². The van der Waals surface area contributed by atoms with Crippen molar-refractivity contribution in [1.82, 2.24) is 15.1 Å². The van der Waals surface area contributed by atoms with Crippen LogP contribution >= 0.6 is 23.6 Å². The van der Waals surface area contributed by atoms with Gasteiger partial charge in [-0.25, -0.2) is 4.79 Å². The smallest absolute Gasteiger partial charge is 0.341 e. The van der Waals surface area contributed by atoms with Crippen molar-refractivity contribution < 1.29 is 14.3 Å². The fraction of sp³-hybridized carbons (Fsp3) is 0.667. The van der Waals surface area contributed by atoms with E-state index in [0.717, 1.165) is 25.9 Å². The van der Waals surface area contributed by atoms with Gasteiger partial charge in [-0.15, -0.1) is 11.3 Å². The number of thiocarbonyl (C=S) groups is 1. The molecule has 0 saturated carbocycles. The summed E-state index contributed by atoms with van der Waals surface area (Å²) in [6.07, 6.45) is 2.03. The number of carbonyl (C=O) groups excluding carboxylic acids is 2. The second-order valence-electron chi connectivity index (χ2n) is 7.73. The maximum atomic E-state index is 12.9. The van der Waals surface area contributed by atoms with Crippen molar-refractivity contribution >= 4 is 45.5 Å². The Hall–Kier alpha value is -1.71. The minimum absolute atomic E-state index is 0.0827. The molecule has 168 valence electrons. The molecule has 7 nitrogen and oxygen atoms in total. The number of nitrogens with zero attached hydrogens (tertiary/aromatic N) is 2. The molecule has 0 aliphatic carbocycles. The maximum absolute atomic E-state index is 12.9. The molecule has 0 bridgehead atoms. The highest BCUT2D eigenvalue weighted by atomic mass is 32.1. The van der Waals surface area contributed by atoms with Gasteiger partial charge in [0.15, 0.2) is 5.11 Å². The number of hydrogen-bond donors (Lipinski definition) is 2. The Morgan fingerprint density at radius 1 is 1.27 bits per heavy atom. The quantitative estimate of drug-likeness (QED) is 0.483. The molecule has 1 amide bonds. The van der Waals surface area contributed by atoms with Gasteiger partial charge >= 0.3 is 5.97 Å². The van der Waals surface area contributed by atoms with Gasteiger partial charge in [0.1, 0.15) is 5.00 Å². The predicted octanol–water partition coefficient (Wildman–Crippen LogP) is 3.48. The number of ether oxygens (including phenoxy) is 1. The van der Waals surface area contributed by atoms with E-state index in [9.17, 15) is 9.59 Å². The molecular formula is C21H34N4O3S2. The van der Waals surface area contributed by atoms with E-state index in [2.05, 4.69) is 29.4 Å². The molecule has 2 rings (SSSR count). The third kappa shape index (κ3) is 5.70. The highest BCUT2D eigenvalue weighted by Crippen LogP contribution is 2.34. The number of amides is 1. The van der Waals surface area contributed by atoms with Gasteiger partial charge in [0.2, 0.25) is 0 Å². The van der Waals surface area contributed by atoms with Gasteiger partial charge in [0.05, 0.1) is 17.6 Å². The number of anilines is 1. The third-order valence-corrected chi connectivity index (χ3v) is 7.02. The van der Waals surface area contributed by atoms with E-state index in [1.807, 2.05) is 13.8 Å². The number of nitrogens with one attached hydrogen (secondary N) is 2. The van der Waals surface area contributed by atoms with Crippen molar-refractivity contribution in [2.24, 2.45) is 0 Å². The van der Waals surface area contributed by atoms with E-state index >= 15 is 0 Å². The normalized spacial score (nSPS) is 15.2. The third-order valence-electron chi connectivity index (χ3n) is 5.60. The van der Waals surface area contributed by atoms with Crippen molar-refractivity contribution in [1.29, 1.82) is 0 Å². The summed E-state index contributed by atoms with van der Waals surface area (Å²) >= 11 is 6.77. The van der Waals surface area contributed by atoms with Gasteiger partial charge in [-0.2, -0.15) is 0 Å². The largest absolute Gasteiger partial charge is 0.465 e. The molecule has 1 saturated heterocycles. The van der Waals surface area contributed by atoms with Gasteiger partial charge in [-0.05, 0) is 65.2 Å². The Kier molecular flexibility index (Phi) is 9.06. The first-order valence-electron chi connectivity index (χ1n) is 10.6. The molecule has 1 aromatic heterocycles. The van der Waals surface area contributed by atoms with Gasteiger partial charge in [-0.1, -0.05) is 0 Å². The Bertz CT molecular complexity index is 767. The summed E-state index contributed by atoms with van der Waals surface area (Å²) < 4.78 is 4.96. The van der Waals surface area contributed by atoms with E-state index in [0.29, 0.717) is 51.3 Å². The van der Waals surface area contributed by atoms with Crippen LogP contribution in [0.25, 0.3) is 0 Å². The van der Waals surface area contributed by atoms with Crippen molar-refractivity contribution in [3.63, 3.8) is 0 Å². The number of likely N-dealkylation sites (tertiary alicyclic amines) is 1. The fourth-order valence-electron chi connectivity index (χ4n) is 3.69. The van der Waals surface area contributed by atoms with Crippen LogP contribution in [-0.2, 0) is 4.74 Å². The first-order valence-corrected chi connectivity index (χ1v) is 11.8. The summed E-state index contributed by atoms with van der Waals surface area (Å²) in [5.74, 6) is -0.557. The minimum Gasteiger partial charge on any atom is -0.465 e. The first-order chi connectivity index (χ1) is 14.2. The Morgan fingerprint density at radius 3 is 2.37 bits per heavy atom. The number of thiophene rings is 1. The monoisotopic (exact) mass is 454 g/mol. The molecule has 0 unspecified atom stereocenters. The second kappa shape index (κ2) is 11.1. The van der Waals surface area contributed by atoms with E-state index in [1.54, 1.807) is 11.8 Å². The first kappa shape index (κ1) is 24.6. The minimum atomic E-state index is -0.474. The summed E-state index contributed by atoms with van der Waals surface area (Å²) in [6, 6.07) is 0.842. The zero-order valence-corrected chi connectivity index (χ0v) is 20.5. The second-order valence-corrected chi connectivity index (χ2v) is 9.16. The van der Waals surface area contributed by atoms with E-state index in [4.69, 9.17) is 17.0 Å². The lowest BCUT2D eigenvalue weighted by Gasteiger charge is -2.35. The van der Waals surface area contributed by atoms with E-state index < -0.39 is 5.97 Å². The molecule has 1 aliphatic heterocycles. The summed E-state index contributed by atoms with van der Waals surface area (Å²) in [4.78, 5) is 30.0. The van der Waals surface area contributed by atoms with Crippen LogP contribution in [0.4, 0.5) is 5.00 Å². The zero-order chi connectivity index (χ0) is 22.4. The molecule has 1 aromatic rings. The van der Waals surface area contributed by atoms with E-state index in [1.165, 1.54) is 18.4 Å². The van der Waals surface area contributed by atoms with Crippen LogP contribution in [0.15, 0.2) is 0 Å². The van der Waals surface area contributed by atoms with Gasteiger partial charge in [0.25, 0.3) is 5.91 Å². The Labute approximate surface area is 189 Å². The molecule has 1 fully saturated rings. The topological polar surface area (TPSA) is 73.9 Å². The van der Waals surface area contributed by atoms with Crippen LogP contribution in [0.2, 0.25) is 0 Å². The predicted molar refractivity (Wildman–Crippen MR) is 127 cm³/mol. The van der Waals surface area contributed by atoms with Crippen LogP contribution in [0, 0.1) is 6.92 Å². The summed E-state index contributed by atoms with van der Waals surface area (Å²) in [7, 11) is 1.34. The lowest BCUT2D eigenvalue weighted by atomic mass is 10.0. The molecule has 0 aromatic carbocycles. The van der Waals surface area contributed by atoms with Crippen LogP contribution in [0.5, 0.6) is 0 Å². The summed E-state index contributed by atoms with van der Waals surface area (Å²) in [6.45, 7) is 13.4. The number of carbonyl (C=O) groups is 2.